The summed E-state index contributed by atoms with van der Waals surface area (Å²) in [5.41, 5.74) is 1.14. The van der Waals surface area contributed by atoms with Gasteiger partial charge in [0.15, 0.2) is 0 Å². The van der Waals surface area contributed by atoms with Crippen LogP contribution in [0, 0.1) is 5.92 Å². The van der Waals surface area contributed by atoms with E-state index in [-0.39, 0.29) is 18.0 Å². The Morgan fingerprint density at radius 1 is 1.53 bits per heavy atom. The number of methoxy groups -OCH3 is 1. The third-order valence-corrected chi connectivity index (χ3v) is 2.61. The summed E-state index contributed by atoms with van der Waals surface area (Å²) in [6.45, 7) is 0.673. The second-order valence-electron chi connectivity index (χ2n) is 3.69. The fraction of sp³-hybridized carbons (Fsp3) is 0.417. The van der Waals surface area contributed by atoms with Crippen LogP contribution in [0.4, 0.5) is 0 Å². The summed E-state index contributed by atoms with van der Waals surface area (Å²) >= 11 is 0. The first-order valence-electron chi connectivity index (χ1n) is 5.04. The van der Waals surface area contributed by atoms with Gasteiger partial charge in [-0.15, -0.1) is 0 Å². The summed E-state index contributed by atoms with van der Waals surface area (Å²) in [7, 11) is 1.42. The maximum absolute atomic E-state index is 11.5. The van der Waals surface area contributed by atoms with Crippen LogP contribution in [-0.4, -0.2) is 25.8 Å². The van der Waals surface area contributed by atoms with Crippen molar-refractivity contribution in [2.24, 2.45) is 5.92 Å². The number of carbonyl (C=O) groups is 1. The molecular formula is C12H14O3. The predicted octanol–water partition coefficient (Wildman–Crippen LogP) is 1.42. The molecule has 0 N–H and O–H groups in total. The number of epoxide rings is 1. The Hall–Kier alpha value is -1.35. The van der Waals surface area contributed by atoms with Crippen molar-refractivity contribution >= 4 is 5.97 Å². The van der Waals surface area contributed by atoms with Gasteiger partial charge in [-0.05, 0) is 12.0 Å². The van der Waals surface area contributed by atoms with E-state index in [4.69, 9.17) is 9.47 Å². The molecule has 0 unspecified atom stereocenters. The number of benzene rings is 1. The molecule has 15 heavy (non-hydrogen) atoms. The second-order valence-corrected chi connectivity index (χ2v) is 3.69. The lowest BCUT2D eigenvalue weighted by Gasteiger charge is -2.11. The summed E-state index contributed by atoms with van der Waals surface area (Å²) in [6.07, 6.45) is 0.746. The minimum Gasteiger partial charge on any atom is -0.469 e. The van der Waals surface area contributed by atoms with Gasteiger partial charge < -0.3 is 9.47 Å². The van der Waals surface area contributed by atoms with Gasteiger partial charge in [-0.1, -0.05) is 30.3 Å². The van der Waals surface area contributed by atoms with Gasteiger partial charge >= 0.3 is 5.97 Å². The standard InChI is InChI=1S/C12H14O3/c1-14-12(13)10(11-8-15-11)7-9-5-3-2-4-6-9/h2-6,10-11H,7-8H2,1H3/t10-,11-/m1/s1. The van der Waals surface area contributed by atoms with Gasteiger partial charge in [0, 0.05) is 0 Å². The summed E-state index contributed by atoms with van der Waals surface area (Å²) in [5, 5.41) is 0. The van der Waals surface area contributed by atoms with Crippen LogP contribution >= 0.6 is 0 Å². The number of esters is 1. The number of hydrogen-bond donors (Lipinski definition) is 0. The Bertz CT molecular complexity index is 330. The molecule has 1 heterocycles. The Kier molecular flexibility index (Phi) is 3.02. The van der Waals surface area contributed by atoms with E-state index in [1.54, 1.807) is 0 Å². The molecule has 80 valence electrons. The zero-order valence-electron chi connectivity index (χ0n) is 8.68. The minimum atomic E-state index is -0.179. The van der Waals surface area contributed by atoms with Crippen molar-refractivity contribution in [3.63, 3.8) is 0 Å². The Balaban J connectivity index is 2.04. The fourth-order valence-electron chi connectivity index (χ4n) is 1.67. The van der Waals surface area contributed by atoms with E-state index in [0.29, 0.717) is 13.0 Å². The molecule has 1 saturated heterocycles. The molecule has 1 aromatic carbocycles. The van der Waals surface area contributed by atoms with Crippen LogP contribution in [0.5, 0.6) is 0 Å². The minimum absolute atomic E-state index is 0.0534. The summed E-state index contributed by atoms with van der Waals surface area (Å²) < 4.78 is 9.93. The van der Waals surface area contributed by atoms with E-state index < -0.39 is 0 Å². The molecule has 0 amide bonds. The summed E-state index contributed by atoms with van der Waals surface area (Å²) in [4.78, 5) is 11.5. The van der Waals surface area contributed by atoms with E-state index in [1.807, 2.05) is 30.3 Å². The lowest BCUT2D eigenvalue weighted by atomic mass is 9.97. The van der Waals surface area contributed by atoms with Crippen molar-refractivity contribution in [2.75, 3.05) is 13.7 Å². The monoisotopic (exact) mass is 206 g/mol. The van der Waals surface area contributed by atoms with Crippen LogP contribution < -0.4 is 0 Å². The molecule has 0 saturated carbocycles. The van der Waals surface area contributed by atoms with Crippen molar-refractivity contribution in [1.29, 1.82) is 0 Å². The molecule has 3 nitrogen and oxygen atoms in total. The van der Waals surface area contributed by atoms with Gasteiger partial charge in [0.05, 0.1) is 25.7 Å². The molecule has 0 radical (unpaired) electrons. The Morgan fingerprint density at radius 2 is 2.20 bits per heavy atom. The highest BCUT2D eigenvalue weighted by molar-refractivity contribution is 5.73. The van der Waals surface area contributed by atoms with Crippen LogP contribution in [0.1, 0.15) is 5.56 Å². The molecule has 0 aliphatic carbocycles. The average molecular weight is 206 g/mol. The van der Waals surface area contributed by atoms with E-state index in [2.05, 4.69) is 0 Å². The zero-order chi connectivity index (χ0) is 10.7. The first kappa shape index (κ1) is 10.2. The average Bonchev–Trinajstić information content (AvgIpc) is 3.10. The topological polar surface area (TPSA) is 38.8 Å². The predicted molar refractivity (Wildman–Crippen MR) is 55.4 cm³/mol. The van der Waals surface area contributed by atoms with Gasteiger partial charge in [0.2, 0.25) is 0 Å². The van der Waals surface area contributed by atoms with Crippen LogP contribution in [0.25, 0.3) is 0 Å². The Labute approximate surface area is 89.0 Å². The quantitative estimate of drug-likeness (QED) is 0.552. The van der Waals surface area contributed by atoms with E-state index in [1.165, 1.54) is 7.11 Å². The van der Waals surface area contributed by atoms with Crippen molar-refractivity contribution in [1.82, 2.24) is 0 Å². The molecule has 0 spiro atoms. The van der Waals surface area contributed by atoms with Gasteiger partial charge in [0.25, 0.3) is 0 Å². The Morgan fingerprint density at radius 3 is 2.73 bits per heavy atom. The van der Waals surface area contributed by atoms with E-state index in [0.717, 1.165) is 5.56 Å². The normalized spacial score (nSPS) is 20.7. The van der Waals surface area contributed by atoms with Gasteiger partial charge in [-0.25, -0.2) is 0 Å². The molecule has 0 aromatic heterocycles. The van der Waals surface area contributed by atoms with E-state index in [9.17, 15) is 4.79 Å². The molecule has 1 aromatic rings. The number of ether oxygens (including phenoxy) is 2. The lowest BCUT2D eigenvalue weighted by molar-refractivity contribution is -0.146. The van der Waals surface area contributed by atoms with Crippen LogP contribution in [0.2, 0.25) is 0 Å². The molecule has 1 aliphatic heterocycles. The number of carbonyl (C=O) groups excluding carboxylic acids is 1. The van der Waals surface area contributed by atoms with Gasteiger partial charge in [-0.2, -0.15) is 0 Å². The lowest BCUT2D eigenvalue weighted by Crippen LogP contribution is -2.24. The van der Waals surface area contributed by atoms with Crippen molar-refractivity contribution in [3.05, 3.63) is 35.9 Å². The summed E-state index contributed by atoms with van der Waals surface area (Å²) in [5.74, 6) is -0.334. The first-order valence-corrected chi connectivity index (χ1v) is 5.04. The molecule has 2 rings (SSSR count). The fourth-order valence-corrected chi connectivity index (χ4v) is 1.67. The van der Waals surface area contributed by atoms with Crippen molar-refractivity contribution < 1.29 is 14.3 Å². The SMILES string of the molecule is COC(=O)[C@H](Cc1ccccc1)[C@H]1CO1. The zero-order valence-corrected chi connectivity index (χ0v) is 8.68. The van der Waals surface area contributed by atoms with Crippen LogP contribution in [-0.2, 0) is 20.7 Å². The maximum atomic E-state index is 11.5. The molecule has 1 fully saturated rings. The number of rotatable bonds is 4. The second kappa shape index (κ2) is 4.45. The highest BCUT2D eigenvalue weighted by Gasteiger charge is 2.38. The molecule has 3 heteroatoms. The molecule has 0 bridgehead atoms. The van der Waals surface area contributed by atoms with Gasteiger partial charge in [-0.3, -0.25) is 4.79 Å². The van der Waals surface area contributed by atoms with Crippen LogP contribution in [0.15, 0.2) is 30.3 Å². The van der Waals surface area contributed by atoms with Crippen molar-refractivity contribution in [2.45, 2.75) is 12.5 Å². The van der Waals surface area contributed by atoms with E-state index >= 15 is 0 Å². The smallest absolute Gasteiger partial charge is 0.311 e. The van der Waals surface area contributed by atoms with Gasteiger partial charge in [0.1, 0.15) is 0 Å². The third-order valence-electron chi connectivity index (χ3n) is 2.61. The highest BCUT2D eigenvalue weighted by atomic mass is 16.6. The van der Waals surface area contributed by atoms with Crippen molar-refractivity contribution in [3.8, 4) is 0 Å². The maximum Gasteiger partial charge on any atom is 0.311 e. The van der Waals surface area contributed by atoms with Crippen LogP contribution in [0.3, 0.4) is 0 Å². The summed E-state index contributed by atoms with van der Waals surface area (Å²) in [6, 6.07) is 9.93. The molecule has 2 atom stereocenters. The highest BCUT2D eigenvalue weighted by Crippen LogP contribution is 2.25. The largest absolute Gasteiger partial charge is 0.469 e. The molecule has 1 aliphatic rings. The first-order chi connectivity index (χ1) is 7.31. The molecular weight excluding hydrogens is 192 g/mol. The number of hydrogen-bond acceptors (Lipinski definition) is 3. The third kappa shape index (κ3) is 2.57.